The molecule has 5 heteroatoms. The van der Waals surface area contributed by atoms with Gasteiger partial charge in [-0.1, -0.05) is 13.8 Å². The molecular weight excluding hydrogens is 262 g/mol. The number of nitrogens with zero attached hydrogens (tertiary/aromatic N) is 1. The van der Waals surface area contributed by atoms with Crippen molar-refractivity contribution >= 4 is 0 Å². The lowest BCUT2D eigenvalue weighted by atomic mass is 10.2. The predicted octanol–water partition coefficient (Wildman–Crippen LogP) is 3.41. The first-order valence-corrected chi connectivity index (χ1v) is 6.67. The summed E-state index contributed by atoms with van der Waals surface area (Å²) in [6, 6.07) is 3.66. The van der Waals surface area contributed by atoms with Crippen LogP contribution in [0.4, 0.5) is 8.78 Å². The normalized spacial score (nSPS) is 11.2. The van der Waals surface area contributed by atoms with Crippen LogP contribution in [-0.4, -0.2) is 18.1 Å². The summed E-state index contributed by atoms with van der Waals surface area (Å²) in [6.07, 6.45) is 2.20. The van der Waals surface area contributed by atoms with E-state index in [1.165, 1.54) is 12.3 Å². The van der Waals surface area contributed by atoms with Gasteiger partial charge in [-0.2, -0.15) is 0 Å². The minimum Gasteiger partial charge on any atom is -0.441 e. The largest absolute Gasteiger partial charge is 0.441 e. The molecule has 0 unspecified atom stereocenters. The molecule has 0 saturated heterocycles. The van der Waals surface area contributed by atoms with E-state index in [4.69, 9.17) is 4.42 Å². The van der Waals surface area contributed by atoms with Crippen LogP contribution in [0.5, 0.6) is 0 Å². The number of hydrogen-bond acceptors (Lipinski definition) is 3. The maximum Gasteiger partial charge on any atom is 0.196 e. The van der Waals surface area contributed by atoms with E-state index >= 15 is 0 Å². The van der Waals surface area contributed by atoms with Crippen molar-refractivity contribution in [1.29, 1.82) is 0 Å². The van der Waals surface area contributed by atoms with Crippen LogP contribution in [0, 0.1) is 17.6 Å². The Morgan fingerprint density at radius 3 is 2.75 bits per heavy atom. The monoisotopic (exact) mass is 280 g/mol. The molecule has 1 aromatic heterocycles. The highest BCUT2D eigenvalue weighted by molar-refractivity contribution is 5.56. The summed E-state index contributed by atoms with van der Waals surface area (Å²) in [5, 5.41) is 3.29. The van der Waals surface area contributed by atoms with Gasteiger partial charge in [-0.25, -0.2) is 13.8 Å². The molecule has 0 aliphatic rings. The number of nitrogens with one attached hydrogen (secondary N) is 1. The molecule has 2 rings (SSSR count). The van der Waals surface area contributed by atoms with Gasteiger partial charge in [0.15, 0.2) is 23.3 Å². The Kier molecular flexibility index (Phi) is 4.84. The van der Waals surface area contributed by atoms with Crippen molar-refractivity contribution in [3.8, 4) is 11.3 Å². The SMILES string of the molecule is CC(C)CNCCc1ncc(-c2ccc(F)c(F)c2)o1. The molecule has 108 valence electrons. The summed E-state index contributed by atoms with van der Waals surface area (Å²) in [5.41, 5.74) is 0.484. The number of aromatic nitrogens is 1. The second-order valence-corrected chi connectivity index (χ2v) is 5.10. The quantitative estimate of drug-likeness (QED) is 0.824. The molecule has 0 amide bonds. The molecule has 0 radical (unpaired) electrons. The molecule has 2 aromatic rings. The van der Waals surface area contributed by atoms with E-state index in [1.54, 1.807) is 0 Å². The fraction of sp³-hybridized carbons (Fsp3) is 0.400. The van der Waals surface area contributed by atoms with Crippen LogP contribution >= 0.6 is 0 Å². The summed E-state index contributed by atoms with van der Waals surface area (Å²) >= 11 is 0. The Hall–Kier alpha value is -1.75. The van der Waals surface area contributed by atoms with Gasteiger partial charge in [0.25, 0.3) is 0 Å². The first-order valence-electron chi connectivity index (χ1n) is 6.67. The molecular formula is C15H18F2N2O. The number of oxazole rings is 1. The van der Waals surface area contributed by atoms with E-state index in [9.17, 15) is 8.78 Å². The van der Waals surface area contributed by atoms with Crippen molar-refractivity contribution in [3.63, 3.8) is 0 Å². The molecule has 0 aliphatic carbocycles. The molecule has 0 spiro atoms. The molecule has 0 atom stereocenters. The van der Waals surface area contributed by atoms with Crippen LogP contribution in [0.25, 0.3) is 11.3 Å². The maximum atomic E-state index is 13.1. The third-order valence-electron chi connectivity index (χ3n) is 2.83. The highest BCUT2D eigenvalue weighted by Crippen LogP contribution is 2.22. The summed E-state index contributed by atoms with van der Waals surface area (Å²) in [7, 11) is 0. The van der Waals surface area contributed by atoms with Gasteiger partial charge in [0.05, 0.1) is 6.20 Å². The van der Waals surface area contributed by atoms with E-state index in [0.29, 0.717) is 29.6 Å². The smallest absolute Gasteiger partial charge is 0.196 e. The molecule has 0 fully saturated rings. The predicted molar refractivity (Wildman–Crippen MR) is 73.3 cm³/mol. The molecule has 0 saturated carbocycles. The molecule has 1 aromatic carbocycles. The Balaban J connectivity index is 1.96. The van der Waals surface area contributed by atoms with E-state index in [2.05, 4.69) is 24.1 Å². The zero-order valence-electron chi connectivity index (χ0n) is 11.6. The summed E-state index contributed by atoms with van der Waals surface area (Å²) in [4.78, 5) is 4.14. The van der Waals surface area contributed by atoms with Gasteiger partial charge in [-0.05, 0) is 30.7 Å². The van der Waals surface area contributed by atoms with E-state index in [0.717, 1.165) is 25.2 Å². The van der Waals surface area contributed by atoms with Gasteiger partial charge in [0, 0.05) is 18.5 Å². The molecule has 0 aliphatic heterocycles. The lowest BCUT2D eigenvalue weighted by Gasteiger charge is -2.05. The first-order chi connectivity index (χ1) is 9.56. The maximum absolute atomic E-state index is 13.1. The van der Waals surface area contributed by atoms with Crippen LogP contribution < -0.4 is 5.32 Å². The Morgan fingerprint density at radius 2 is 2.05 bits per heavy atom. The van der Waals surface area contributed by atoms with Gasteiger partial charge in [-0.15, -0.1) is 0 Å². The van der Waals surface area contributed by atoms with Crippen molar-refractivity contribution in [2.45, 2.75) is 20.3 Å². The molecule has 1 N–H and O–H groups in total. The second-order valence-electron chi connectivity index (χ2n) is 5.10. The van der Waals surface area contributed by atoms with Crippen LogP contribution in [0.15, 0.2) is 28.8 Å². The Labute approximate surface area is 117 Å². The van der Waals surface area contributed by atoms with Gasteiger partial charge in [0.2, 0.25) is 0 Å². The van der Waals surface area contributed by atoms with Crippen molar-refractivity contribution in [2.75, 3.05) is 13.1 Å². The topological polar surface area (TPSA) is 38.1 Å². The summed E-state index contributed by atoms with van der Waals surface area (Å²) < 4.78 is 31.5. The van der Waals surface area contributed by atoms with Gasteiger partial charge >= 0.3 is 0 Å². The van der Waals surface area contributed by atoms with Crippen LogP contribution in [0.3, 0.4) is 0 Å². The average Bonchev–Trinajstić information content (AvgIpc) is 2.86. The molecule has 3 nitrogen and oxygen atoms in total. The van der Waals surface area contributed by atoms with Gasteiger partial charge < -0.3 is 9.73 Å². The first kappa shape index (κ1) is 14.7. The zero-order chi connectivity index (χ0) is 14.5. The van der Waals surface area contributed by atoms with Crippen molar-refractivity contribution < 1.29 is 13.2 Å². The lowest BCUT2D eigenvalue weighted by molar-refractivity contribution is 0.481. The highest BCUT2D eigenvalue weighted by atomic mass is 19.2. The number of benzene rings is 1. The lowest BCUT2D eigenvalue weighted by Crippen LogP contribution is -2.22. The third kappa shape index (κ3) is 3.87. The summed E-state index contributed by atoms with van der Waals surface area (Å²) in [5.74, 6) is -0.133. The Bertz CT molecular complexity index is 567. The Morgan fingerprint density at radius 1 is 1.25 bits per heavy atom. The van der Waals surface area contributed by atoms with Crippen LogP contribution in [0.2, 0.25) is 0 Å². The van der Waals surface area contributed by atoms with Crippen molar-refractivity contribution in [2.24, 2.45) is 5.92 Å². The number of rotatable bonds is 6. The number of hydrogen-bond donors (Lipinski definition) is 1. The van der Waals surface area contributed by atoms with Gasteiger partial charge in [0.1, 0.15) is 0 Å². The standard InChI is InChI=1S/C15H18F2N2O/c1-10(2)8-18-6-5-15-19-9-14(20-15)11-3-4-12(16)13(17)7-11/h3-4,7,9-10,18H,5-6,8H2,1-2H3. The summed E-state index contributed by atoms with van der Waals surface area (Å²) in [6.45, 7) is 5.99. The molecule has 20 heavy (non-hydrogen) atoms. The average molecular weight is 280 g/mol. The van der Waals surface area contributed by atoms with Gasteiger partial charge in [-0.3, -0.25) is 0 Å². The van der Waals surface area contributed by atoms with E-state index in [-0.39, 0.29) is 0 Å². The van der Waals surface area contributed by atoms with Crippen molar-refractivity contribution in [3.05, 3.63) is 41.9 Å². The molecule has 0 bridgehead atoms. The third-order valence-corrected chi connectivity index (χ3v) is 2.83. The highest BCUT2D eigenvalue weighted by Gasteiger charge is 2.09. The zero-order valence-corrected chi connectivity index (χ0v) is 11.6. The van der Waals surface area contributed by atoms with E-state index in [1.807, 2.05) is 0 Å². The van der Waals surface area contributed by atoms with Crippen LogP contribution in [0.1, 0.15) is 19.7 Å². The van der Waals surface area contributed by atoms with Crippen LogP contribution in [-0.2, 0) is 6.42 Å². The van der Waals surface area contributed by atoms with Crippen molar-refractivity contribution in [1.82, 2.24) is 10.3 Å². The second kappa shape index (κ2) is 6.61. The fourth-order valence-corrected chi connectivity index (χ4v) is 1.79. The minimum atomic E-state index is -0.890. The van der Waals surface area contributed by atoms with E-state index < -0.39 is 11.6 Å². The molecule has 1 heterocycles. The fourth-order valence-electron chi connectivity index (χ4n) is 1.79. The number of halogens is 2. The minimum absolute atomic E-state index is 0.447.